The lowest BCUT2D eigenvalue weighted by molar-refractivity contribution is 0.234. The molecule has 0 saturated carbocycles. The molecule has 0 N–H and O–H groups in total. The summed E-state index contributed by atoms with van der Waals surface area (Å²) >= 11 is 0. The molecule has 1 unspecified atom stereocenters. The van der Waals surface area contributed by atoms with Crippen LogP contribution in [0.4, 0.5) is 0 Å². The maximum Gasteiger partial charge on any atom is 0.196 e. The lowest BCUT2D eigenvalue weighted by Gasteiger charge is -2.23. The predicted molar refractivity (Wildman–Crippen MR) is 93.7 cm³/mol. The van der Waals surface area contributed by atoms with E-state index in [1.54, 1.807) is 6.26 Å². The van der Waals surface area contributed by atoms with Crippen molar-refractivity contribution in [2.24, 2.45) is 7.05 Å². The van der Waals surface area contributed by atoms with Gasteiger partial charge in [-0.05, 0) is 31.5 Å². The summed E-state index contributed by atoms with van der Waals surface area (Å²) < 4.78 is 7.83. The number of oxazole rings is 1. The highest BCUT2D eigenvalue weighted by Gasteiger charge is 2.30. The van der Waals surface area contributed by atoms with Gasteiger partial charge in [-0.3, -0.25) is 4.90 Å². The smallest absolute Gasteiger partial charge is 0.196 e. The molecule has 3 heterocycles. The van der Waals surface area contributed by atoms with E-state index in [1.165, 1.54) is 11.9 Å². The van der Waals surface area contributed by atoms with E-state index in [9.17, 15) is 0 Å². The lowest BCUT2D eigenvalue weighted by Crippen LogP contribution is -2.25. The van der Waals surface area contributed by atoms with Crippen molar-refractivity contribution in [1.29, 1.82) is 0 Å². The van der Waals surface area contributed by atoms with Crippen LogP contribution in [-0.4, -0.2) is 26.0 Å². The van der Waals surface area contributed by atoms with Gasteiger partial charge in [0, 0.05) is 19.5 Å². The lowest BCUT2D eigenvalue weighted by atomic mass is 10.2. The number of hydrogen-bond acceptors (Lipinski definition) is 4. The molecule has 3 aromatic rings. The first kappa shape index (κ1) is 15.4. The average molecular weight is 324 g/mol. The zero-order valence-corrected chi connectivity index (χ0v) is 14.6. The molecular weight excluding hydrogens is 300 g/mol. The molecule has 0 bridgehead atoms. The van der Waals surface area contributed by atoms with Crippen LogP contribution in [0.1, 0.15) is 56.1 Å². The second-order valence-corrected chi connectivity index (χ2v) is 6.98. The van der Waals surface area contributed by atoms with Crippen molar-refractivity contribution in [3.63, 3.8) is 0 Å². The van der Waals surface area contributed by atoms with E-state index in [1.807, 2.05) is 6.07 Å². The van der Waals surface area contributed by atoms with Crippen LogP contribution in [0.5, 0.6) is 0 Å². The Bertz CT molecular complexity index is 848. The molecule has 2 aromatic heterocycles. The molecule has 0 spiro atoms. The van der Waals surface area contributed by atoms with Gasteiger partial charge in [-0.15, -0.1) is 0 Å². The van der Waals surface area contributed by atoms with E-state index in [4.69, 9.17) is 9.40 Å². The Morgan fingerprint density at radius 2 is 2.08 bits per heavy atom. The van der Waals surface area contributed by atoms with Crippen LogP contribution in [-0.2, 0) is 13.6 Å². The first-order chi connectivity index (χ1) is 11.6. The summed E-state index contributed by atoms with van der Waals surface area (Å²) in [6.07, 6.45) is 4.15. The summed E-state index contributed by atoms with van der Waals surface area (Å²) in [5, 5.41) is 0. The highest BCUT2D eigenvalue weighted by atomic mass is 16.3. The molecule has 4 rings (SSSR count). The number of para-hydroxylation sites is 2. The SMILES string of the molecule is CC(C)c1nc(CN2CCCC2c2nc3ccccc3n2C)co1. The largest absolute Gasteiger partial charge is 0.448 e. The van der Waals surface area contributed by atoms with Gasteiger partial charge in [-0.25, -0.2) is 9.97 Å². The van der Waals surface area contributed by atoms with Crippen molar-refractivity contribution in [1.82, 2.24) is 19.4 Å². The first-order valence-electron chi connectivity index (χ1n) is 8.73. The van der Waals surface area contributed by atoms with Crippen LogP contribution in [0.15, 0.2) is 34.9 Å². The Morgan fingerprint density at radius 3 is 2.83 bits per heavy atom. The topological polar surface area (TPSA) is 47.1 Å². The van der Waals surface area contributed by atoms with E-state index in [2.05, 4.69) is 53.5 Å². The van der Waals surface area contributed by atoms with Gasteiger partial charge in [0.1, 0.15) is 12.1 Å². The number of aromatic nitrogens is 3. The van der Waals surface area contributed by atoms with Gasteiger partial charge in [0.2, 0.25) is 0 Å². The Kier molecular flexibility index (Phi) is 3.88. The third-order valence-corrected chi connectivity index (χ3v) is 4.91. The number of imidazole rings is 1. The average Bonchev–Trinajstić information content (AvgIpc) is 3.28. The second-order valence-electron chi connectivity index (χ2n) is 6.98. The highest BCUT2D eigenvalue weighted by Crippen LogP contribution is 2.34. The molecule has 1 aromatic carbocycles. The van der Waals surface area contributed by atoms with Gasteiger partial charge >= 0.3 is 0 Å². The second kappa shape index (κ2) is 6.06. The van der Waals surface area contributed by atoms with Gasteiger partial charge in [0.15, 0.2) is 5.89 Å². The number of hydrogen-bond donors (Lipinski definition) is 0. The fourth-order valence-electron chi connectivity index (χ4n) is 3.64. The number of likely N-dealkylation sites (tertiary alicyclic amines) is 1. The molecular formula is C19H24N4O. The maximum atomic E-state index is 5.59. The first-order valence-corrected chi connectivity index (χ1v) is 8.73. The standard InChI is InChI=1S/C19H24N4O/c1-13(2)19-20-14(12-24-19)11-23-10-6-9-17(23)18-21-15-7-4-5-8-16(15)22(18)3/h4-5,7-8,12-13,17H,6,9-11H2,1-3H3. The summed E-state index contributed by atoms with van der Waals surface area (Å²) in [4.78, 5) is 12.0. The summed E-state index contributed by atoms with van der Waals surface area (Å²) in [6.45, 7) is 6.11. The van der Waals surface area contributed by atoms with Crippen LogP contribution in [0, 0.1) is 0 Å². The van der Waals surface area contributed by atoms with Gasteiger partial charge in [-0.1, -0.05) is 26.0 Å². The Hall–Kier alpha value is -2.14. The molecule has 0 aliphatic carbocycles. The molecule has 5 nitrogen and oxygen atoms in total. The predicted octanol–water partition coefficient (Wildman–Crippen LogP) is 4.02. The zero-order valence-electron chi connectivity index (χ0n) is 14.6. The van der Waals surface area contributed by atoms with Crippen molar-refractivity contribution in [3.8, 4) is 0 Å². The maximum absolute atomic E-state index is 5.59. The number of nitrogens with zero attached hydrogens (tertiary/aromatic N) is 4. The van der Waals surface area contributed by atoms with Crippen LogP contribution in [0.3, 0.4) is 0 Å². The van der Waals surface area contributed by atoms with Gasteiger partial charge in [0.05, 0.1) is 22.8 Å². The Balaban J connectivity index is 1.60. The highest BCUT2D eigenvalue weighted by molar-refractivity contribution is 5.75. The quantitative estimate of drug-likeness (QED) is 0.727. The molecule has 0 amide bonds. The van der Waals surface area contributed by atoms with Crippen LogP contribution in [0.25, 0.3) is 11.0 Å². The molecule has 126 valence electrons. The fraction of sp³-hybridized carbons (Fsp3) is 0.474. The molecule has 1 aliphatic heterocycles. The molecule has 5 heteroatoms. The van der Waals surface area contributed by atoms with Gasteiger partial charge < -0.3 is 8.98 Å². The normalized spacial score (nSPS) is 18.9. The third kappa shape index (κ3) is 2.63. The molecule has 24 heavy (non-hydrogen) atoms. The molecule has 1 saturated heterocycles. The third-order valence-electron chi connectivity index (χ3n) is 4.91. The van der Waals surface area contributed by atoms with Gasteiger partial charge in [0.25, 0.3) is 0 Å². The Morgan fingerprint density at radius 1 is 1.25 bits per heavy atom. The minimum Gasteiger partial charge on any atom is -0.448 e. The number of fused-ring (bicyclic) bond motifs is 1. The van der Waals surface area contributed by atoms with Crippen LogP contribution < -0.4 is 0 Å². The van der Waals surface area contributed by atoms with Crippen molar-refractivity contribution in [2.75, 3.05) is 6.54 Å². The van der Waals surface area contributed by atoms with E-state index < -0.39 is 0 Å². The van der Waals surface area contributed by atoms with E-state index >= 15 is 0 Å². The zero-order chi connectivity index (χ0) is 16.7. The molecule has 1 atom stereocenters. The van der Waals surface area contributed by atoms with Crippen LogP contribution in [0.2, 0.25) is 0 Å². The van der Waals surface area contributed by atoms with Crippen molar-refractivity contribution < 1.29 is 4.42 Å². The number of rotatable bonds is 4. The summed E-state index contributed by atoms with van der Waals surface area (Å²) in [5.74, 6) is 2.30. The molecule has 1 fully saturated rings. The monoisotopic (exact) mass is 324 g/mol. The fourth-order valence-corrected chi connectivity index (χ4v) is 3.64. The summed E-state index contributed by atoms with van der Waals surface area (Å²) in [7, 11) is 2.12. The van der Waals surface area contributed by atoms with E-state index in [-0.39, 0.29) is 0 Å². The number of aryl methyl sites for hydroxylation is 1. The minimum atomic E-state index is 0.327. The van der Waals surface area contributed by atoms with Crippen molar-refractivity contribution >= 4 is 11.0 Å². The van der Waals surface area contributed by atoms with Crippen LogP contribution >= 0.6 is 0 Å². The minimum absolute atomic E-state index is 0.327. The van der Waals surface area contributed by atoms with Crippen molar-refractivity contribution in [3.05, 3.63) is 47.9 Å². The summed E-state index contributed by atoms with van der Waals surface area (Å²) in [5.41, 5.74) is 3.29. The van der Waals surface area contributed by atoms with E-state index in [0.29, 0.717) is 12.0 Å². The number of benzene rings is 1. The Labute approximate surface area is 142 Å². The summed E-state index contributed by atoms with van der Waals surface area (Å²) in [6, 6.07) is 8.70. The van der Waals surface area contributed by atoms with E-state index in [0.717, 1.165) is 42.4 Å². The van der Waals surface area contributed by atoms with Crippen molar-refractivity contribution in [2.45, 2.75) is 45.2 Å². The molecule has 1 aliphatic rings. The van der Waals surface area contributed by atoms with Gasteiger partial charge in [-0.2, -0.15) is 0 Å². The molecule has 0 radical (unpaired) electrons.